The van der Waals surface area contributed by atoms with Gasteiger partial charge in [0.25, 0.3) is 0 Å². The second kappa shape index (κ2) is 8.07. The molecule has 3 atom stereocenters. The van der Waals surface area contributed by atoms with Gasteiger partial charge >= 0.3 is 0 Å². The highest BCUT2D eigenvalue weighted by atomic mass is 19.2. The zero-order valence-electron chi connectivity index (χ0n) is 18.3. The Bertz CT molecular complexity index is 1220. The van der Waals surface area contributed by atoms with E-state index < -0.39 is 0 Å². The lowest BCUT2D eigenvalue weighted by Crippen LogP contribution is -2.58. The lowest BCUT2D eigenvalue weighted by atomic mass is 9.86. The summed E-state index contributed by atoms with van der Waals surface area (Å²) in [6.07, 6.45) is 1.08. The molecule has 0 aromatic heterocycles. The molecule has 1 aliphatic rings. The number of fused-ring (bicyclic) bond motifs is 2. The molecule has 4 aromatic rings. The van der Waals surface area contributed by atoms with E-state index in [1.165, 1.54) is 27.1 Å². The molecule has 1 saturated heterocycles. The van der Waals surface area contributed by atoms with E-state index in [0.29, 0.717) is 6.54 Å². The van der Waals surface area contributed by atoms with E-state index in [1.54, 1.807) is 0 Å². The summed E-state index contributed by atoms with van der Waals surface area (Å²) in [6, 6.07) is 29.6. The number of likely N-dealkylation sites (N-methyl/N-ethyl adjacent to an activating group) is 1. The topological polar surface area (TPSA) is 3.24 Å². The van der Waals surface area contributed by atoms with E-state index in [1.807, 2.05) is 0 Å². The van der Waals surface area contributed by atoms with Crippen LogP contribution in [0.1, 0.15) is 36.6 Å². The van der Waals surface area contributed by atoms with Crippen molar-refractivity contribution < 1.29 is 8.96 Å². The molecule has 3 heteroatoms. The van der Waals surface area contributed by atoms with Gasteiger partial charge in [0.15, 0.2) is 0 Å². The van der Waals surface area contributed by atoms with Crippen LogP contribution in [0.15, 0.2) is 84.9 Å². The van der Waals surface area contributed by atoms with Gasteiger partial charge in [-0.3, -0.25) is 0 Å². The van der Waals surface area contributed by atoms with E-state index in [-0.39, 0.29) is 12.1 Å². The van der Waals surface area contributed by atoms with Gasteiger partial charge in [0.1, 0.15) is 12.1 Å². The number of halogens is 1. The van der Waals surface area contributed by atoms with E-state index in [9.17, 15) is 0 Å². The van der Waals surface area contributed by atoms with Crippen LogP contribution in [-0.4, -0.2) is 36.3 Å². The van der Waals surface area contributed by atoms with Crippen LogP contribution in [0, 0.1) is 0 Å². The summed E-state index contributed by atoms with van der Waals surface area (Å²) >= 11 is 0. The zero-order valence-corrected chi connectivity index (χ0v) is 18.3. The molecule has 0 amide bonds. The molecule has 1 heterocycles. The molecule has 2 nitrogen and oxygen atoms in total. The molecule has 0 bridgehead atoms. The van der Waals surface area contributed by atoms with Crippen molar-refractivity contribution in [3.63, 3.8) is 0 Å². The van der Waals surface area contributed by atoms with Crippen LogP contribution in [0.3, 0.4) is 0 Å². The molecule has 5 rings (SSSR count). The van der Waals surface area contributed by atoms with E-state index >= 15 is 4.48 Å². The third-order valence-corrected chi connectivity index (χ3v) is 7.06. The van der Waals surface area contributed by atoms with Crippen LogP contribution < -0.4 is 0 Å². The molecule has 158 valence electrons. The highest BCUT2D eigenvalue weighted by molar-refractivity contribution is 5.84. The number of benzene rings is 4. The summed E-state index contributed by atoms with van der Waals surface area (Å²) in [4.78, 5) is 0. The lowest BCUT2D eigenvalue weighted by molar-refractivity contribution is -0.949. The Hall–Kier alpha value is -2.75. The predicted molar refractivity (Wildman–Crippen MR) is 127 cm³/mol. The van der Waals surface area contributed by atoms with Gasteiger partial charge in [-0.05, 0) is 45.7 Å². The normalized spacial score (nSPS) is 24.6. The highest BCUT2D eigenvalue weighted by Crippen LogP contribution is 2.46. The first-order chi connectivity index (χ1) is 15.1. The van der Waals surface area contributed by atoms with Crippen LogP contribution in [0.25, 0.3) is 21.5 Å². The summed E-state index contributed by atoms with van der Waals surface area (Å²) in [5.41, 5.74) is 2.27. The molecule has 0 N–H and O–H groups in total. The molecule has 0 saturated carbocycles. The number of quaternary nitrogens is 1. The Kier molecular flexibility index (Phi) is 5.25. The van der Waals surface area contributed by atoms with Gasteiger partial charge in [-0.2, -0.15) is 0 Å². The van der Waals surface area contributed by atoms with Crippen molar-refractivity contribution >= 4 is 21.5 Å². The maximum Gasteiger partial charge on any atom is 0.137 e. The van der Waals surface area contributed by atoms with E-state index in [4.69, 9.17) is 0 Å². The Balaban J connectivity index is 1.68. The van der Waals surface area contributed by atoms with Crippen molar-refractivity contribution in [3.8, 4) is 0 Å². The fraction of sp³-hybridized carbons (Fsp3) is 0.286. The first-order valence-corrected chi connectivity index (χ1v) is 11.3. The molecule has 0 aliphatic carbocycles. The van der Waals surface area contributed by atoms with Crippen LogP contribution in [-0.2, 0) is 0 Å². The van der Waals surface area contributed by atoms with Gasteiger partial charge in [0, 0.05) is 5.56 Å². The second-order valence-electron chi connectivity index (χ2n) is 9.15. The lowest BCUT2D eigenvalue weighted by Gasteiger charge is -2.50. The Morgan fingerprint density at radius 2 is 1.35 bits per heavy atom. The standard InChI is InChI=1S/C28H30FN2/c1-3-17-31(2)18-16-30(29)27(25-14-12-21-8-4-6-10-23(21)19-25)28(31)26-15-13-22-9-5-7-11-24(22)20-26/h4-15,19-20,27-28H,3,16-18H2,1-2H3/q+1. The Morgan fingerprint density at radius 3 is 1.97 bits per heavy atom. The van der Waals surface area contributed by atoms with Crippen molar-refractivity contribution in [2.45, 2.75) is 25.4 Å². The minimum Gasteiger partial charge on any atom is -0.317 e. The summed E-state index contributed by atoms with van der Waals surface area (Å²) in [7, 11) is 2.31. The third kappa shape index (κ3) is 3.62. The van der Waals surface area contributed by atoms with Crippen molar-refractivity contribution in [2.75, 3.05) is 26.7 Å². The average molecular weight is 414 g/mol. The Labute approximate surface area is 184 Å². The van der Waals surface area contributed by atoms with Crippen LogP contribution in [0.4, 0.5) is 4.48 Å². The maximum absolute atomic E-state index is 15.6. The largest absolute Gasteiger partial charge is 0.317 e. The zero-order chi connectivity index (χ0) is 21.4. The van der Waals surface area contributed by atoms with Crippen LogP contribution in [0.2, 0.25) is 0 Å². The summed E-state index contributed by atoms with van der Waals surface area (Å²) in [5.74, 6) is 0. The number of nitrogens with zero attached hydrogens (tertiary/aromatic N) is 2. The summed E-state index contributed by atoms with van der Waals surface area (Å²) in [5, 5.41) is 5.89. The Morgan fingerprint density at radius 1 is 0.806 bits per heavy atom. The van der Waals surface area contributed by atoms with E-state index in [0.717, 1.165) is 34.7 Å². The number of hydrogen-bond acceptors (Lipinski definition) is 1. The fourth-order valence-electron chi connectivity index (χ4n) is 5.53. The predicted octanol–water partition coefficient (Wildman–Crippen LogP) is 6.83. The van der Waals surface area contributed by atoms with Crippen molar-refractivity contribution in [1.82, 2.24) is 5.12 Å². The molecule has 0 spiro atoms. The average Bonchev–Trinajstić information content (AvgIpc) is 2.80. The van der Waals surface area contributed by atoms with E-state index in [2.05, 4.69) is 98.9 Å². The second-order valence-corrected chi connectivity index (χ2v) is 9.15. The van der Waals surface area contributed by atoms with Crippen molar-refractivity contribution in [1.29, 1.82) is 0 Å². The van der Waals surface area contributed by atoms with Crippen LogP contribution >= 0.6 is 0 Å². The van der Waals surface area contributed by atoms with Gasteiger partial charge in [-0.25, -0.2) is 0 Å². The summed E-state index contributed by atoms with van der Waals surface area (Å²) < 4.78 is 16.4. The summed E-state index contributed by atoms with van der Waals surface area (Å²) in [6.45, 7) is 4.53. The molecule has 0 radical (unpaired) electrons. The number of hydrogen-bond donors (Lipinski definition) is 0. The fourth-order valence-corrected chi connectivity index (χ4v) is 5.53. The number of piperazine rings is 1. The third-order valence-electron chi connectivity index (χ3n) is 7.06. The molecule has 3 unspecified atom stereocenters. The molecule has 31 heavy (non-hydrogen) atoms. The molecular formula is C28H30FN2+. The van der Waals surface area contributed by atoms with Crippen LogP contribution in [0.5, 0.6) is 0 Å². The first-order valence-electron chi connectivity index (χ1n) is 11.3. The maximum atomic E-state index is 15.6. The minimum absolute atomic E-state index is 0.0319. The molecule has 4 aromatic carbocycles. The first kappa shape index (κ1) is 20.2. The molecule has 1 fully saturated rings. The van der Waals surface area contributed by atoms with Gasteiger partial charge < -0.3 is 4.48 Å². The molecular weight excluding hydrogens is 383 g/mol. The number of rotatable bonds is 4. The highest BCUT2D eigenvalue weighted by Gasteiger charge is 2.47. The monoisotopic (exact) mass is 413 g/mol. The van der Waals surface area contributed by atoms with Gasteiger partial charge in [-0.1, -0.05) is 79.7 Å². The molecule has 1 aliphatic heterocycles. The van der Waals surface area contributed by atoms with Crippen molar-refractivity contribution in [2.24, 2.45) is 0 Å². The SMILES string of the molecule is CCC[N+]1(C)CCN(F)C(c2ccc3ccccc3c2)C1c1ccc2ccccc2c1. The quantitative estimate of drug-likeness (QED) is 0.262. The van der Waals surface area contributed by atoms with Gasteiger partial charge in [0.05, 0.1) is 26.7 Å². The minimum atomic E-state index is -0.309. The van der Waals surface area contributed by atoms with Gasteiger partial charge in [0.2, 0.25) is 0 Å². The smallest absolute Gasteiger partial charge is 0.137 e. The van der Waals surface area contributed by atoms with Crippen molar-refractivity contribution in [3.05, 3.63) is 96.1 Å². The van der Waals surface area contributed by atoms with Gasteiger partial charge in [-0.15, -0.1) is 9.60 Å².